The second kappa shape index (κ2) is 5.09. The lowest BCUT2D eigenvalue weighted by atomic mass is 10.1. The van der Waals surface area contributed by atoms with Gasteiger partial charge in [-0.05, 0) is 55.0 Å². The summed E-state index contributed by atoms with van der Waals surface area (Å²) in [7, 11) is 0. The van der Waals surface area contributed by atoms with E-state index in [1.54, 1.807) is 0 Å². The minimum Gasteiger partial charge on any atom is -0.399 e. The summed E-state index contributed by atoms with van der Waals surface area (Å²) in [6, 6.07) is 13.3. The Kier molecular flexibility index (Phi) is 3.28. The van der Waals surface area contributed by atoms with Crippen molar-refractivity contribution >= 4 is 21.6 Å². The summed E-state index contributed by atoms with van der Waals surface area (Å²) < 4.78 is 6.38. The summed E-state index contributed by atoms with van der Waals surface area (Å²) in [5, 5.41) is 4.01. The normalized spacial score (nSPS) is 10.7. The van der Waals surface area contributed by atoms with Gasteiger partial charge in [0.2, 0.25) is 5.82 Å². The molecule has 2 N–H and O–H groups in total. The molecule has 2 aromatic carbocycles. The van der Waals surface area contributed by atoms with Crippen molar-refractivity contribution in [3.8, 4) is 22.8 Å². The maximum absolute atomic E-state index is 5.66. The van der Waals surface area contributed by atoms with E-state index in [-0.39, 0.29) is 0 Å². The first-order valence-corrected chi connectivity index (χ1v) is 6.89. The van der Waals surface area contributed by atoms with Gasteiger partial charge in [0.05, 0.1) is 0 Å². The quantitative estimate of drug-likeness (QED) is 0.720. The van der Waals surface area contributed by atoms with Crippen LogP contribution in [0.2, 0.25) is 0 Å². The van der Waals surface area contributed by atoms with Gasteiger partial charge < -0.3 is 10.3 Å². The summed E-state index contributed by atoms with van der Waals surface area (Å²) in [5.41, 5.74) is 9.27. The molecule has 0 bridgehead atoms. The van der Waals surface area contributed by atoms with Gasteiger partial charge in [0.15, 0.2) is 0 Å². The molecule has 20 heavy (non-hydrogen) atoms. The standard InChI is InChI=1S/C15H12BrN3O/c1-9-8-11(4-7-13(9)16)15-18-14(19-20-15)10-2-5-12(17)6-3-10/h2-8H,17H2,1H3. The minimum absolute atomic E-state index is 0.507. The van der Waals surface area contributed by atoms with E-state index in [1.165, 1.54) is 0 Å². The van der Waals surface area contributed by atoms with Crippen molar-refractivity contribution < 1.29 is 4.52 Å². The second-order valence-corrected chi connectivity index (χ2v) is 5.36. The van der Waals surface area contributed by atoms with Gasteiger partial charge in [-0.2, -0.15) is 4.98 Å². The van der Waals surface area contributed by atoms with Crippen LogP contribution in [0.1, 0.15) is 5.56 Å². The zero-order chi connectivity index (χ0) is 14.1. The molecule has 0 saturated heterocycles. The van der Waals surface area contributed by atoms with Gasteiger partial charge in [0, 0.05) is 21.3 Å². The first-order valence-electron chi connectivity index (χ1n) is 6.09. The maximum atomic E-state index is 5.66. The molecule has 0 saturated carbocycles. The van der Waals surface area contributed by atoms with Crippen LogP contribution in [0.4, 0.5) is 5.69 Å². The molecular weight excluding hydrogens is 318 g/mol. The van der Waals surface area contributed by atoms with Crippen molar-refractivity contribution in [2.45, 2.75) is 6.92 Å². The molecular formula is C15H12BrN3O. The Morgan fingerprint density at radius 2 is 1.75 bits per heavy atom. The minimum atomic E-state index is 0.507. The summed E-state index contributed by atoms with van der Waals surface area (Å²) in [6.07, 6.45) is 0. The number of hydrogen-bond donors (Lipinski definition) is 1. The molecule has 0 fully saturated rings. The van der Waals surface area contributed by atoms with Crippen LogP contribution < -0.4 is 5.73 Å². The number of halogens is 1. The van der Waals surface area contributed by atoms with Crippen LogP contribution in [0.15, 0.2) is 51.5 Å². The zero-order valence-corrected chi connectivity index (χ0v) is 12.4. The molecule has 1 aromatic heterocycles. The van der Waals surface area contributed by atoms with Gasteiger partial charge in [-0.1, -0.05) is 21.1 Å². The molecule has 0 amide bonds. The van der Waals surface area contributed by atoms with E-state index in [0.717, 1.165) is 21.2 Å². The lowest BCUT2D eigenvalue weighted by Gasteiger charge is -1.99. The van der Waals surface area contributed by atoms with E-state index >= 15 is 0 Å². The summed E-state index contributed by atoms with van der Waals surface area (Å²) in [5.74, 6) is 1.06. The number of anilines is 1. The fourth-order valence-electron chi connectivity index (χ4n) is 1.87. The second-order valence-electron chi connectivity index (χ2n) is 4.51. The van der Waals surface area contributed by atoms with Gasteiger partial charge >= 0.3 is 0 Å². The van der Waals surface area contributed by atoms with Gasteiger partial charge in [-0.25, -0.2) is 0 Å². The SMILES string of the molecule is Cc1cc(-c2nc(-c3ccc(N)cc3)no2)ccc1Br. The zero-order valence-electron chi connectivity index (χ0n) is 10.8. The summed E-state index contributed by atoms with van der Waals surface area (Å²) in [6.45, 7) is 2.02. The Bertz CT molecular complexity index is 750. The first-order chi connectivity index (χ1) is 9.63. The first kappa shape index (κ1) is 12.9. The molecule has 3 aromatic rings. The molecule has 0 unspecified atom stereocenters. The molecule has 0 aliphatic heterocycles. The Morgan fingerprint density at radius 1 is 1.05 bits per heavy atom. The maximum Gasteiger partial charge on any atom is 0.258 e. The van der Waals surface area contributed by atoms with Crippen molar-refractivity contribution in [3.63, 3.8) is 0 Å². The molecule has 0 radical (unpaired) electrons. The predicted octanol–water partition coefficient (Wildman–Crippen LogP) is 4.06. The number of rotatable bonds is 2. The van der Waals surface area contributed by atoms with Gasteiger partial charge in [-0.15, -0.1) is 0 Å². The van der Waals surface area contributed by atoms with Crippen LogP contribution in [0.25, 0.3) is 22.8 Å². The van der Waals surface area contributed by atoms with Crippen molar-refractivity contribution in [3.05, 3.63) is 52.5 Å². The number of nitrogens with zero attached hydrogens (tertiary/aromatic N) is 2. The van der Waals surface area contributed by atoms with E-state index < -0.39 is 0 Å². The van der Waals surface area contributed by atoms with Crippen LogP contribution in [0.5, 0.6) is 0 Å². The third kappa shape index (κ3) is 2.44. The molecule has 0 aliphatic rings. The van der Waals surface area contributed by atoms with Crippen LogP contribution in [0.3, 0.4) is 0 Å². The lowest BCUT2D eigenvalue weighted by molar-refractivity contribution is 0.432. The van der Waals surface area contributed by atoms with Crippen molar-refractivity contribution in [1.29, 1.82) is 0 Å². The Labute approximate surface area is 124 Å². The van der Waals surface area contributed by atoms with Crippen molar-refractivity contribution in [1.82, 2.24) is 10.1 Å². The molecule has 0 aliphatic carbocycles. The van der Waals surface area contributed by atoms with Crippen molar-refractivity contribution in [2.75, 3.05) is 5.73 Å². The highest BCUT2D eigenvalue weighted by molar-refractivity contribution is 9.10. The largest absolute Gasteiger partial charge is 0.399 e. The fourth-order valence-corrected chi connectivity index (χ4v) is 2.11. The van der Waals surface area contributed by atoms with Gasteiger partial charge in [-0.3, -0.25) is 0 Å². The van der Waals surface area contributed by atoms with Crippen LogP contribution in [-0.4, -0.2) is 10.1 Å². The number of aromatic nitrogens is 2. The van der Waals surface area contributed by atoms with Gasteiger partial charge in [0.1, 0.15) is 0 Å². The third-order valence-corrected chi connectivity index (χ3v) is 3.89. The highest BCUT2D eigenvalue weighted by Crippen LogP contribution is 2.26. The third-order valence-electron chi connectivity index (χ3n) is 3.00. The highest BCUT2D eigenvalue weighted by atomic mass is 79.9. The molecule has 1 heterocycles. The number of benzene rings is 2. The van der Waals surface area contributed by atoms with E-state index in [2.05, 4.69) is 26.1 Å². The number of nitrogens with two attached hydrogens (primary N) is 1. The van der Waals surface area contributed by atoms with Crippen molar-refractivity contribution in [2.24, 2.45) is 0 Å². The van der Waals surface area contributed by atoms with Gasteiger partial charge in [0.25, 0.3) is 5.89 Å². The average Bonchev–Trinajstić information content (AvgIpc) is 2.92. The predicted molar refractivity (Wildman–Crippen MR) is 82.0 cm³/mol. The van der Waals surface area contributed by atoms with Crippen LogP contribution in [0, 0.1) is 6.92 Å². The molecule has 0 atom stereocenters. The average molecular weight is 330 g/mol. The molecule has 100 valence electrons. The Hall–Kier alpha value is -2.14. The molecule has 3 rings (SSSR count). The smallest absolute Gasteiger partial charge is 0.258 e. The summed E-state index contributed by atoms with van der Waals surface area (Å²) >= 11 is 3.47. The molecule has 0 spiro atoms. The van der Waals surface area contributed by atoms with E-state index in [1.807, 2.05) is 49.4 Å². The lowest BCUT2D eigenvalue weighted by Crippen LogP contribution is -1.85. The Morgan fingerprint density at radius 3 is 2.45 bits per heavy atom. The topological polar surface area (TPSA) is 64.9 Å². The van der Waals surface area contributed by atoms with E-state index in [9.17, 15) is 0 Å². The molecule has 5 heteroatoms. The monoisotopic (exact) mass is 329 g/mol. The Balaban J connectivity index is 1.97. The number of nitrogen functional groups attached to an aromatic ring is 1. The summed E-state index contributed by atoms with van der Waals surface area (Å²) in [4.78, 5) is 4.42. The van der Waals surface area contributed by atoms with Crippen LogP contribution in [-0.2, 0) is 0 Å². The fraction of sp³-hybridized carbons (Fsp3) is 0.0667. The highest BCUT2D eigenvalue weighted by Gasteiger charge is 2.11. The van der Waals surface area contributed by atoms with Crippen LogP contribution >= 0.6 is 15.9 Å². The number of aryl methyl sites for hydroxylation is 1. The van der Waals surface area contributed by atoms with E-state index in [4.69, 9.17) is 10.3 Å². The molecule has 4 nitrogen and oxygen atoms in total. The number of hydrogen-bond acceptors (Lipinski definition) is 4. The van der Waals surface area contributed by atoms with E-state index in [0.29, 0.717) is 17.4 Å².